The maximum atomic E-state index is 6.70. The Hall–Kier alpha value is -2.61. The molecule has 0 aliphatic carbocycles. The van der Waals surface area contributed by atoms with Crippen LogP contribution in [0.25, 0.3) is 42.4 Å². The minimum Gasteiger partial charge on any atom is -0.135 e. The van der Waals surface area contributed by atoms with Crippen molar-refractivity contribution in [3.05, 3.63) is 96.0 Å². The van der Waals surface area contributed by atoms with E-state index in [0.29, 0.717) is 0 Å². The van der Waals surface area contributed by atoms with Gasteiger partial charge in [-0.1, -0.05) is 78.3 Å². The molecule has 0 aliphatic heterocycles. The summed E-state index contributed by atoms with van der Waals surface area (Å²) in [6.45, 7) is 0. The van der Waals surface area contributed by atoms with E-state index in [1.54, 1.807) is 0 Å². The molecule has 0 amide bonds. The molecule has 0 saturated carbocycles. The number of thiophene rings is 1. The molecule has 0 nitrogen and oxygen atoms in total. The first-order valence-corrected chi connectivity index (χ1v) is 9.76. The Bertz CT molecular complexity index is 1240. The van der Waals surface area contributed by atoms with E-state index in [0.717, 1.165) is 16.1 Å². The van der Waals surface area contributed by atoms with Crippen molar-refractivity contribution >= 4 is 43.1 Å². The zero-order valence-corrected chi connectivity index (χ0v) is 15.5. The molecule has 4 aromatic carbocycles. The monoisotopic (exact) mass is 370 g/mol. The van der Waals surface area contributed by atoms with Crippen LogP contribution in [0.2, 0.25) is 5.02 Å². The zero-order valence-electron chi connectivity index (χ0n) is 13.9. The molecule has 0 saturated heterocycles. The number of halogens is 1. The van der Waals surface area contributed by atoms with E-state index in [1.807, 2.05) is 23.5 Å². The molecule has 0 radical (unpaired) electrons. The molecule has 5 aromatic rings. The highest BCUT2D eigenvalue weighted by atomic mass is 35.5. The van der Waals surface area contributed by atoms with Crippen molar-refractivity contribution in [2.45, 2.75) is 0 Å². The van der Waals surface area contributed by atoms with Gasteiger partial charge in [-0.05, 0) is 41.0 Å². The van der Waals surface area contributed by atoms with Gasteiger partial charge in [0, 0.05) is 30.8 Å². The second kappa shape index (κ2) is 6.28. The molecule has 0 spiro atoms. The lowest BCUT2D eigenvalue weighted by atomic mass is 9.96. The van der Waals surface area contributed by atoms with E-state index >= 15 is 0 Å². The second-order valence-electron chi connectivity index (χ2n) is 6.34. The Morgan fingerprint density at radius 1 is 0.577 bits per heavy atom. The first kappa shape index (κ1) is 15.6. The van der Waals surface area contributed by atoms with Crippen molar-refractivity contribution in [1.82, 2.24) is 0 Å². The Balaban J connectivity index is 1.81. The van der Waals surface area contributed by atoms with Crippen LogP contribution >= 0.6 is 22.9 Å². The Kier molecular flexibility index (Phi) is 3.77. The summed E-state index contributed by atoms with van der Waals surface area (Å²) in [5, 5.41) is 3.32. The van der Waals surface area contributed by atoms with Crippen LogP contribution in [0.1, 0.15) is 0 Å². The van der Waals surface area contributed by atoms with Gasteiger partial charge in [0.05, 0.1) is 0 Å². The van der Waals surface area contributed by atoms with Crippen LogP contribution in [0.15, 0.2) is 91.0 Å². The van der Waals surface area contributed by atoms with E-state index in [9.17, 15) is 0 Å². The summed E-state index contributed by atoms with van der Waals surface area (Å²) in [4.78, 5) is 0. The fourth-order valence-corrected chi connectivity index (χ4v) is 4.94. The molecule has 0 atom stereocenters. The highest BCUT2D eigenvalue weighted by Gasteiger charge is 2.14. The summed E-state index contributed by atoms with van der Waals surface area (Å²) in [5.41, 5.74) is 4.70. The zero-order chi connectivity index (χ0) is 17.5. The third-order valence-corrected chi connectivity index (χ3v) is 6.20. The van der Waals surface area contributed by atoms with Gasteiger partial charge in [0.1, 0.15) is 0 Å². The molecule has 124 valence electrons. The minimum absolute atomic E-state index is 0.797. The summed E-state index contributed by atoms with van der Waals surface area (Å²) in [6.07, 6.45) is 0. The van der Waals surface area contributed by atoms with Gasteiger partial charge < -0.3 is 0 Å². The van der Waals surface area contributed by atoms with Crippen LogP contribution in [0.4, 0.5) is 0 Å². The highest BCUT2D eigenvalue weighted by molar-refractivity contribution is 7.26. The van der Waals surface area contributed by atoms with Crippen molar-refractivity contribution in [3.8, 4) is 22.3 Å². The molecule has 26 heavy (non-hydrogen) atoms. The highest BCUT2D eigenvalue weighted by Crippen LogP contribution is 2.43. The predicted molar refractivity (Wildman–Crippen MR) is 115 cm³/mol. The van der Waals surface area contributed by atoms with Gasteiger partial charge in [-0.15, -0.1) is 11.3 Å². The van der Waals surface area contributed by atoms with Crippen LogP contribution in [-0.2, 0) is 0 Å². The molecule has 0 aliphatic rings. The van der Waals surface area contributed by atoms with Crippen LogP contribution in [0.5, 0.6) is 0 Å². The summed E-state index contributed by atoms with van der Waals surface area (Å²) in [7, 11) is 0. The lowest BCUT2D eigenvalue weighted by Gasteiger charge is -2.10. The first-order valence-electron chi connectivity index (χ1n) is 8.57. The van der Waals surface area contributed by atoms with E-state index in [-0.39, 0.29) is 0 Å². The van der Waals surface area contributed by atoms with Crippen molar-refractivity contribution in [2.24, 2.45) is 0 Å². The largest absolute Gasteiger partial charge is 0.135 e. The van der Waals surface area contributed by atoms with Crippen molar-refractivity contribution in [2.75, 3.05) is 0 Å². The Morgan fingerprint density at radius 3 is 2.19 bits per heavy atom. The van der Waals surface area contributed by atoms with Gasteiger partial charge >= 0.3 is 0 Å². The van der Waals surface area contributed by atoms with Gasteiger partial charge in [0.2, 0.25) is 0 Å². The molecular weight excluding hydrogens is 356 g/mol. The Labute approximate surface area is 161 Å². The third-order valence-electron chi connectivity index (χ3n) is 4.75. The SMILES string of the molecule is Clc1ccc2sc3ccccc3c2c1-c1cccc(-c2ccccc2)c1. The number of rotatable bonds is 2. The lowest BCUT2D eigenvalue weighted by Crippen LogP contribution is -1.84. The first-order chi connectivity index (χ1) is 12.8. The Morgan fingerprint density at radius 2 is 1.31 bits per heavy atom. The number of hydrogen-bond donors (Lipinski definition) is 0. The second-order valence-corrected chi connectivity index (χ2v) is 7.83. The fourth-order valence-electron chi connectivity index (χ4n) is 3.56. The average Bonchev–Trinajstić information content (AvgIpc) is 3.07. The maximum absolute atomic E-state index is 6.70. The number of benzene rings is 4. The van der Waals surface area contributed by atoms with E-state index in [1.165, 1.54) is 31.3 Å². The van der Waals surface area contributed by atoms with Crippen LogP contribution < -0.4 is 0 Å². The van der Waals surface area contributed by atoms with Crippen LogP contribution in [-0.4, -0.2) is 0 Å². The fraction of sp³-hybridized carbons (Fsp3) is 0. The van der Waals surface area contributed by atoms with Gasteiger partial charge in [0.25, 0.3) is 0 Å². The number of hydrogen-bond acceptors (Lipinski definition) is 1. The van der Waals surface area contributed by atoms with Crippen molar-refractivity contribution in [3.63, 3.8) is 0 Å². The molecule has 0 fully saturated rings. The molecule has 0 N–H and O–H groups in total. The maximum Gasteiger partial charge on any atom is 0.0491 e. The molecule has 1 aromatic heterocycles. The van der Waals surface area contributed by atoms with Gasteiger partial charge in [-0.25, -0.2) is 0 Å². The summed E-state index contributed by atoms with van der Waals surface area (Å²) < 4.78 is 2.57. The summed E-state index contributed by atoms with van der Waals surface area (Å²) in [6, 6.07) is 31.8. The molecule has 0 bridgehead atoms. The topological polar surface area (TPSA) is 0 Å². The summed E-state index contributed by atoms with van der Waals surface area (Å²) in [5.74, 6) is 0. The smallest absolute Gasteiger partial charge is 0.0491 e. The number of fused-ring (bicyclic) bond motifs is 3. The van der Waals surface area contributed by atoms with Crippen LogP contribution in [0.3, 0.4) is 0 Å². The van der Waals surface area contributed by atoms with Gasteiger partial charge in [-0.3, -0.25) is 0 Å². The average molecular weight is 371 g/mol. The van der Waals surface area contributed by atoms with Crippen LogP contribution in [0, 0.1) is 0 Å². The molecule has 1 heterocycles. The lowest BCUT2D eigenvalue weighted by molar-refractivity contribution is 1.61. The normalized spacial score (nSPS) is 11.3. The molecule has 2 heteroatoms. The standard InChI is InChI=1S/C24H15ClS/c25-20-13-14-22-24(19-11-4-5-12-21(19)26-22)23(20)18-10-6-9-17(15-18)16-7-2-1-3-8-16/h1-15H. The van der Waals surface area contributed by atoms with Crippen molar-refractivity contribution < 1.29 is 0 Å². The van der Waals surface area contributed by atoms with E-state index in [2.05, 4.69) is 78.9 Å². The van der Waals surface area contributed by atoms with Gasteiger partial charge in [-0.2, -0.15) is 0 Å². The van der Waals surface area contributed by atoms with Crippen molar-refractivity contribution in [1.29, 1.82) is 0 Å². The molecule has 5 rings (SSSR count). The summed E-state index contributed by atoms with van der Waals surface area (Å²) >= 11 is 8.52. The quantitative estimate of drug-likeness (QED) is 0.295. The molecule has 0 unspecified atom stereocenters. The van der Waals surface area contributed by atoms with E-state index < -0.39 is 0 Å². The predicted octanol–water partition coefficient (Wildman–Crippen LogP) is 8.04. The third kappa shape index (κ3) is 2.52. The molecular formula is C24H15ClS. The van der Waals surface area contributed by atoms with Gasteiger partial charge in [0.15, 0.2) is 0 Å². The minimum atomic E-state index is 0.797. The van der Waals surface area contributed by atoms with E-state index in [4.69, 9.17) is 11.6 Å².